The Labute approximate surface area is 195 Å². The van der Waals surface area contributed by atoms with Crippen LogP contribution >= 0.6 is 11.3 Å². The van der Waals surface area contributed by atoms with Crippen molar-refractivity contribution in [1.82, 2.24) is 4.90 Å². The second-order valence-electron chi connectivity index (χ2n) is 7.88. The predicted molar refractivity (Wildman–Crippen MR) is 126 cm³/mol. The Hall–Kier alpha value is -3.36. The number of carbonyl (C=O) groups excluding carboxylic acids is 2. The first-order chi connectivity index (χ1) is 16.1. The molecule has 2 amide bonds. The van der Waals surface area contributed by atoms with E-state index in [4.69, 9.17) is 14.2 Å². The van der Waals surface area contributed by atoms with E-state index in [0.717, 1.165) is 16.0 Å². The van der Waals surface area contributed by atoms with Crippen molar-refractivity contribution in [3.05, 3.63) is 65.7 Å². The van der Waals surface area contributed by atoms with Crippen LogP contribution in [0.1, 0.15) is 15.9 Å². The number of nitrogens with one attached hydrogen (secondary N) is 1. The molecule has 1 atom stereocenters. The van der Waals surface area contributed by atoms with Gasteiger partial charge in [-0.05, 0) is 30.2 Å². The van der Waals surface area contributed by atoms with Crippen LogP contribution in [0.2, 0.25) is 0 Å². The lowest BCUT2D eigenvalue weighted by Gasteiger charge is -2.28. The predicted octanol–water partition coefficient (Wildman–Crippen LogP) is 3.97. The summed E-state index contributed by atoms with van der Waals surface area (Å²) in [6.07, 6.45) is -0.811. The van der Waals surface area contributed by atoms with Gasteiger partial charge in [0.15, 0.2) is 11.5 Å². The second-order valence-corrected chi connectivity index (χ2v) is 8.91. The number of nitrogens with zero attached hydrogens (tertiary/aromatic N) is 1. The minimum atomic E-state index is -0.811. The zero-order chi connectivity index (χ0) is 22.8. The van der Waals surface area contributed by atoms with Crippen LogP contribution in [0.4, 0.5) is 5.00 Å². The number of rotatable bonds is 4. The van der Waals surface area contributed by atoms with Gasteiger partial charge in [0.1, 0.15) is 11.6 Å². The van der Waals surface area contributed by atoms with Gasteiger partial charge in [-0.25, -0.2) is 0 Å². The van der Waals surface area contributed by atoms with Crippen LogP contribution in [0.15, 0.2) is 54.6 Å². The van der Waals surface area contributed by atoms with Crippen LogP contribution in [0.25, 0.3) is 10.4 Å². The standard InChI is InChI=1S/C25H24N2O5S/c1-16-21(25(29)27-11-13-30-14-12-27)24(33-22(16)17-7-3-2-4-8-17)26-23(28)20-15-31-18-9-5-6-10-19(18)32-20/h2-10,20H,11-15H2,1H3,(H,26,28)/t20-/m1/s1. The highest BCUT2D eigenvalue weighted by molar-refractivity contribution is 7.20. The van der Waals surface area contributed by atoms with E-state index in [9.17, 15) is 9.59 Å². The third-order valence-electron chi connectivity index (χ3n) is 5.73. The molecule has 0 radical (unpaired) electrons. The van der Waals surface area contributed by atoms with Crippen LogP contribution in [-0.4, -0.2) is 55.7 Å². The number of fused-ring (bicyclic) bond motifs is 1. The number of para-hydroxylation sites is 2. The quantitative estimate of drug-likeness (QED) is 0.632. The number of hydrogen-bond donors (Lipinski definition) is 1. The van der Waals surface area contributed by atoms with Crippen molar-refractivity contribution in [3.8, 4) is 21.9 Å². The van der Waals surface area contributed by atoms with Crippen LogP contribution in [0, 0.1) is 6.92 Å². The van der Waals surface area contributed by atoms with Gasteiger partial charge in [0.2, 0.25) is 6.10 Å². The fourth-order valence-corrected chi connectivity index (χ4v) is 5.20. The van der Waals surface area contributed by atoms with E-state index in [2.05, 4.69) is 5.32 Å². The Morgan fingerprint density at radius 3 is 2.45 bits per heavy atom. The number of amides is 2. The topological polar surface area (TPSA) is 77.1 Å². The normalized spacial score (nSPS) is 17.5. The first kappa shape index (κ1) is 21.5. The molecule has 2 aliphatic rings. The molecule has 2 aliphatic heterocycles. The van der Waals surface area contributed by atoms with Crippen molar-refractivity contribution in [2.24, 2.45) is 0 Å². The molecule has 1 aromatic heterocycles. The third-order valence-corrected chi connectivity index (χ3v) is 6.99. The zero-order valence-electron chi connectivity index (χ0n) is 18.2. The van der Waals surface area contributed by atoms with Crippen LogP contribution < -0.4 is 14.8 Å². The van der Waals surface area contributed by atoms with Gasteiger partial charge in [0.05, 0.1) is 18.8 Å². The first-order valence-electron chi connectivity index (χ1n) is 10.9. The molecule has 3 heterocycles. The lowest BCUT2D eigenvalue weighted by Crippen LogP contribution is -2.42. The number of thiophene rings is 1. The average Bonchev–Trinajstić information content (AvgIpc) is 3.19. The van der Waals surface area contributed by atoms with Crippen molar-refractivity contribution < 1.29 is 23.8 Å². The van der Waals surface area contributed by atoms with Gasteiger partial charge in [-0.2, -0.15) is 0 Å². The van der Waals surface area contributed by atoms with E-state index in [0.29, 0.717) is 48.4 Å². The number of carbonyl (C=O) groups is 2. The number of morpholine rings is 1. The zero-order valence-corrected chi connectivity index (χ0v) is 19.0. The van der Waals surface area contributed by atoms with Gasteiger partial charge in [-0.3, -0.25) is 9.59 Å². The summed E-state index contributed by atoms with van der Waals surface area (Å²) < 4.78 is 17.0. The molecule has 33 heavy (non-hydrogen) atoms. The van der Waals surface area contributed by atoms with E-state index in [1.807, 2.05) is 49.4 Å². The molecule has 1 N–H and O–H groups in total. The van der Waals surface area contributed by atoms with Gasteiger partial charge in [-0.1, -0.05) is 42.5 Å². The Bertz CT molecular complexity index is 1170. The summed E-state index contributed by atoms with van der Waals surface area (Å²) >= 11 is 1.40. The molecule has 5 rings (SSSR count). The maximum absolute atomic E-state index is 13.5. The lowest BCUT2D eigenvalue weighted by atomic mass is 10.1. The molecule has 2 aromatic carbocycles. The Morgan fingerprint density at radius 2 is 1.70 bits per heavy atom. The molecule has 0 aliphatic carbocycles. The van der Waals surface area contributed by atoms with Gasteiger partial charge >= 0.3 is 0 Å². The van der Waals surface area contributed by atoms with E-state index in [1.54, 1.807) is 17.0 Å². The fraction of sp³-hybridized carbons (Fsp3) is 0.280. The van der Waals surface area contributed by atoms with Crippen molar-refractivity contribution in [2.45, 2.75) is 13.0 Å². The molecule has 0 spiro atoms. The number of anilines is 1. The van der Waals surface area contributed by atoms with Gasteiger partial charge < -0.3 is 24.4 Å². The highest BCUT2D eigenvalue weighted by Gasteiger charge is 2.32. The highest BCUT2D eigenvalue weighted by Crippen LogP contribution is 2.41. The number of hydrogen-bond acceptors (Lipinski definition) is 6. The summed E-state index contributed by atoms with van der Waals surface area (Å²) in [5, 5.41) is 3.48. The first-order valence-corrected chi connectivity index (χ1v) is 11.7. The van der Waals surface area contributed by atoms with Crippen molar-refractivity contribution in [2.75, 3.05) is 38.2 Å². The number of ether oxygens (including phenoxy) is 3. The fourth-order valence-electron chi connectivity index (χ4n) is 3.99. The minimum absolute atomic E-state index is 0.101. The van der Waals surface area contributed by atoms with Gasteiger partial charge in [-0.15, -0.1) is 11.3 Å². The molecule has 3 aromatic rings. The summed E-state index contributed by atoms with van der Waals surface area (Å²) in [5.74, 6) is 0.695. The molecule has 0 unspecified atom stereocenters. The molecule has 1 fully saturated rings. The monoisotopic (exact) mass is 464 g/mol. The summed E-state index contributed by atoms with van der Waals surface area (Å²) in [4.78, 5) is 29.3. The third kappa shape index (κ3) is 4.31. The van der Waals surface area contributed by atoms with E-state index in [-0.39, 0.29) is 18.4 Å². The van der Waals surface area contributed by atoms with E-state index < -0.39 is 6.10 Å². The number of benzene rings is 2. The van der Waals surface area contributed by atoms with Crippen LogP contribution in [0.3, 0.4) is 0 Å². The largest absolute Gasteiger partial charge is 0.485 e. The van der Waals surface area contributed by atoms with E-state index >= 15 is 0 Å². The molecular weight excluding hydrogens is 440 g/mol. The second kappa shape index (κ2) is 9.25. The SMILES string of the molecule is Cc1c(-c2ccccc2)sc(NC(=O)[C@H]2COc3ccccc3O2)c1C(=O)N1CCOCC1. The Morgan fingerprint density at radius 1 is 1.00 bits per heavy atom. The molecule has 170 valence electrons. The van der Waals surface area contributed by atoms with E-state index in [1.165, 1.54) is 11.3 Å². The Balaban J connectivity index is 1.45. The summed E-state index contributed by atoms with van der Waals surface area (Å²) in [5.41, 5.74) is 2.37. The maximum Gasteiger partial charge on any atom is 0.269 e. The molecule has 0 bridgehead atoms. The molecule has 1 saturated heterocycles. The lowest BCUT2D eigenvalue weighted by molar-refractivity contribution is -0.125. The van der Waals surface area contributed by atoms with Crippen molar-refractivity contribution in [1.29, 1.82) is 0 Å². The molecule has 7 nitrogen and oxygen atoms in total. The van der Waals surface area contributed by atoms with Crippen LogP contribution in [-0.2, 0) is 9.53 Å². The minimum Gasteiger partial charge on any atom is -0.485 e. The van der Waals surface area contributed by atoms with Crippen molar-refractivity contribution >= 4 is 28.2 Å². The summed E-state index contributed by atoms with van der Waals surface area (Å²) in [6.45, 7) is 4.10. The molecule has 8 heteroatoms. The van der Waals surface area contributed by atoms with Gasteiger partial charge in [0.25, 0.3) is 11.8 Å². The molecular formula is C25H24N2O5S. The maximum atomic E-state index is 13.5. The smallest absolute Gasteiger partial charge is 0.269 e. The summed E-state index contributed by atoms with van der Waals surface area (Å²) in [6, 6.07) is 17.1. The van der Waals surface area contributed by atoms with Crippen LogP contribution in [0.5, 0.6) is 11.5 Å². The highest BCUT2D eigenvalue weighted by atomic mass is 32.1. The average molecular weight is 465 g/mol. The summed E-state index contributed by atoms with van der Waals surface area (Å²) in [7, 11) is 0. The molecule has 0 saturated carbocycles. The van der Waals surface area contributed by atoms with Crippen molar-refractivity contribution in [3.63, 3.8) is 0 Å². The van der Waals surface area contributed by atoms with Gasteiger partial charge in [0, 0.05) is 18.0 Å². The Kier molecular flexibility index (Phi) is 6.02.